The van der Waals surface area contributed by atoms with Crippen LogP contribution in [-0.4, -0.2) is 29.6 Å². The fourth-order valence-electron chi connectivity index (χ4n) is 3.16. The van der Waals surface area contributed by atoms with E-state index >= 15 is 0 Å². The molecule has 0 spiro atoms. The van der Waals surface area contributed by atoms with Gasteiger partial charge in [0.05, 0.1) is 42.6 Å². The first-order chi connectivity index (χ1) is 17.5. The summed E-state index contributed by atoms with van der Waals surface area (Å²) >= 11 is 5.73. The minimum atomic E-state index is -0.959. The van der Waals surface area contributed by atoms with Gasteiger partial charge in [-0.3, -0.25) is 40.5 Å². The summed E-state index contributed by atoms with van der Waals surface area (Å²) in [4.78, 5) is 42.2. The van der Waals surface area contributed by atoms with E-state index in [0.29, 0.717) is 10.9 Å². The van der Waals surface area contributed by atoms with Gasteiger partial charge in [-0.2, -0.15) is 5.11 Å². The van der Waals surface area contributed by atoms with Crippen LogP contribution in [0.2, 0.25) is 5.02 Å². The number of nitro benzene ring substituents is 4. The molecule has 0 bridgehead atoms. The van der Waals surface area contributed by atoms with Gasteiger partial charge in [0.1, 0.15) is 10.7 Å². The molecule has 19 heteroatoms. The van der Waals surface area contributed by atoms with Crippen molar-refractivity contribution >= 4 is 56.8 Å². The molecule has 0 aliphatic rings. The third kappa shape index (κ3) is 4.53. The topological polar surface area (TPSA) is 242 Å². The summed E-state index contributed by atoms with van der Waals surface area (Å²) in [7, 11) is 0. The molecule has 1 heterocycles. The molecule has 4 rings (SSSR count). The normalized spacial score (nSPS) is 11.2. The second-order valence-corrected chi connectivity index (χ2v) is 7.44. The van der Waals surface area contributed by atoms with Gasteiger partial charge in [-0.05, 0) is 29.1 Å². The molecule has 0 atom stereocenters. The Labute approximate surface area is 206 Å². The van der Waals surface area contributed by atoms with Gasteiger partial charge in [-0.1, -0.05) is 11.6 Å². The van der Waals surface area contributed by atoms with E-state index in [1.807, 2.05) is 0 Å². The SMILES string of the molecule is O=[N+]([O-])c1cc([N+](=O)[O-])c2nn(-c3ccc(N=Nc4ccc(Cl)c([N+](=O)[O-])c4)c([N+](=O)[O-])c3)[n+]([O-])c2c1. The summed E-state index contributed by atoms with van der Waals surface area (Å²) in [6, 6.07) is 8.03. The zero-order chi connectivity index (χ0) is 27.0. The maximum atomic E-state index is 12.8. The van der Waals surface area contributed by atoms with Crippen LogP contribution in [0.15, 0.2) is 58.8 Å². The molecule has 0 aliphatic carbocycles. The molecule has 0 aliphatic heterocycles. The van der Waals surface area contributed by atoms with Crippen molar-refractivity contribution < 1.29 is 24.5 Å². The molecule has 0 fully saturated rings. The predicted molar refractivity (Wildman–Crippen MR) is 122 cm³/mol. The Balaban J connectivity index is 1.81. The van der Waals surface area contributed by atoms with E-state index in [9.17, 15) is 45.7 Å². The van der Waals surface area contributed by atoms with Crippen LogP contribution in [0.5, 0.6) is 0 Å². The molecule has 186 valence electrons. The Morgan fingerprint density at radius 2 is 1.46 bits per heavy atom. The molecule has 0 N–H and O–H groups in total. The minimum Gasteiger partial charge on any atom is -0.692 e. The van der Waals surface area contributed by atoms with Crippen LogP contribution in [0.1, 0.15) is 0 Å². The van der Waals surface area contributed by atoms with Gasteiger partial charge >= 0.3 is 11.2 Å². The van der Waals surface area contributed by atoms with Crippen LogP contribution in [0.3, 0.4) is 0 Å². The quantitative estimate of drug-likeness (QED) is 0.107. The fraction of sp³-hybridized carbons (Fsp3) is 0. The Kier molecular flexibility index (Phi) is 6.08. The van der Waals surface area contributed by atoms with Gasteiger partial charge in [0.2, 0.25) is 5.52 Å². The first kappa shape index (κ1) is 24.5. The van der Waals surface area contributed by atoms with Crippen LogP contribution >= 0.6 is 11.6 Å². The number of hydrogen-bond donors (Lipinski definition) is 0. The number of hydrogen-bond acceptors (Lipinski definition) is 12. The van der Waals surface area contributed by atoms with Crippen molar-refractivity contribution in [1.82, 2.24) is 9.90 Å². The fourth-order valence-corrected chi connectivity index (χ4v) is 3.35. The standard InChI is InChI=1S/C18H8ClN9O9/c19-12-3-1-9(5-14(12)26(32)33)20-21-13-4-2-10(6-15(13)27(34)35)23-22-18-16(24(23)29)7-11(25(30)31)8-17(18)28(36)37/h1-8H. The predicted octanol–water partition coefficient (Wildman–Crippen LogP) is 4.36. The number of rotatable bonds is 7. The van der Waals surface area contributed by atoms with Gasteiger partial charge in [0.15, 0.2) is 5.69 Å². The van der Waals surface area contributed by atoms with Crippen molar-refractivity contribution in [3.8, 4) is 5.69 Å². The van der Waals surface area contributed by atoms with Crippen molar-refractivity contribution in [2.24, 2.45) is 10.2 Å². The molecular formula is C18H8ClN9O9. The summed E-state index contributed by atoms with van der Waals surface area (Å²) in [6.45, 7) is 0. The number of aromatic nitrogens is 3. The lowest BCUT2D eigenvalue weighted by Crippen LogP contribution is -2.37. The summed E-state index contributed by atoms with van der Waals surface area (Å²) in [5.74, 6) is 0. The van der Waals surface area contributed by atoms with Gasteiger partial charge in [0, 0.05) is 12.1 Å². The Morgan fingerprint density at radius 3 is 2.08 bits per heavy atom. The van der Waals surface area contributed by atoms with Crippen molar-refractivity contribution in [3.05, 3.63) is 99.2 Å². The maximum Gasteiger partial charge on any atom is 0.334 e. The highest BCUT2D eigenvalue weighted by atomic mass is 35.5. The highest BCUT2D eigenvalue weighted by Gasteiger charge is 2.31. The van der Waals surface area contributed by atoms with Gasteiger partial charge in [-0.25, -0.2) is 0 Å². The first-order valence-corrected chi connectivity index (χ1v) is 9.95. The highest BCUT2D eigenvalue weighted by Crippen LogP contribution is 2.34. The Morgan fingerprint density at radius 1 is 0.784 bits per heavy atom. The third-order valence-electron chi connectivity index (χ3n) is 4.82. The Bertz CT molecular complexity index is 1690. The molecule has 0 saturated heterocycles. The van der Waals surface area contributed by atoms with Crippen LogP contribution in [0.25, 0.3) is 16.7 Å². The first-order valence-electron chi connectivity index (χ1n) is 9.58. The number of fused-ring (bicyclic) bond motifs is 1. The molecule has 0 saturated carbocycles. The number of non-ortho nitro benzene ring substituents is 2. The smallest absolute Gasteiger partial charge is 0.334 e. The largest absolute Gasteiger partial charge is 0.692 e. The molecule has 3 aromatic carbocycles. The average molecular weight is 530 g/mol. The van der Waals surface area contributed by atoms with Crippen molar-refractivity contribution in [3.63, 3.8) is 0 Å². The number of halogens is 1. The lowest BCUT2D eigenvalue weighted by Gasteiger charge is -2.04. The lowest BCUT2D eigenvalue weighted by molar-refractivity contribution is -0.664. The minimum absolute atomic E-state index is 0.00241. The molecule has 0 amide bonds. The maximum absolute atomic E-state index is 12.8. The van der Waals surface area contributed by atoms with Crippen molar-refractivity contribution in [1.29, 1.82) is 0 Å². The van der Waals surface area contributed by atoms with Crippen molar-refractivity contribution in [2.75, 3.05) is 0 Å². The number of nitrogens with zero attached hydrogens (tertiary/aromatic N) is 9. The van der Waals surface area contributed by atoms with Crippen LogP contribution in [-0.2, 0) is 0 Å². The number of nitro groups is 4. The van der Waals surface area contributed by atoms with E-state index in [1.54, 1.807) is 0 Å². The zero-order valence-electron chi connectivity index (χ0n) is 17.7. The molecule has 37 heavy (non-hydrogen) atoms. The molecule has 4 aromatic rings. The summed E-state index contributed by atoms with van der Waals surface area (Å²) in [6.07, 6.45) is 0. The highest BCUT2D eigenvalue weighted by molar-refractivity contribution is 6.32. The lowest BCUT2D eigenvalue weighted by atomic mass is 10.2. The number of benzene rings is 3. The summed E-state index contributed by atoms with van der Waals surface area (Å²) in [5.41, 5.74) is -4.22. The van der Waals surface area contributed by atoms with Crippen LogP contribution in [0, 0.1) is 45.7 Å². The molecule has 0 unspecified atom stereocenters. The van der Waals surface area contributed by atoms with E-state index < -0.39 is 53.5 Å². The molecule has 1 aromatic heterocycles. The number of azo groups is 1. The third-order valence-corrected chi connectivity index (χ3v) is 5.14. The molecular weight excluding hydrogens is 522 g/mol. The molecule has 18 nitrogen and oxygen atoms in total. The van der Waals surface area contributed by atoms with Gasteiger partial charge in [-0.15, -0.1) is 9.96 Å². The zero-order valence-corrected chi connectivity index (χ0v) is 18.5. The van der Waals surface area contributed by atoms with Crippen molar-refractivity contribution in [2.45, 2.75) is 0 Å². The van der Waals surface area contributed by atoms with Gasteiger partial charge in [0.25, 0.3) is 17.1 Å². The summed E-state index contributed by atoms with van der Waals surface area (Å²) in [5, 5.41) is 69.0. The van der Waals surface area contributed by atoms with E-state index in [0.717, 1.165) is 30.3 Å². The van der Waals surface area contributed by atoms with E-state index in [4.69, 9.17) is 11.6 Å². The van der Waals surface area contributed by atoms with Gasteiger partial charge < -0.3 is 5.21 Å². The second-order valence-electron chi connectivity index (χ2n) is 7.03. The van der Waals surface area contributed by atoms with Crippen LogP contribution in [0.4, 0.5) is 34.1 Å². The van der Waals surface area contributed by atoms with E-state index in [2.05, 4.69) is 15.3 Å². The monoisotopic (exact) mass is 529 g/mol. The van der Waals surface area contributed by atoms with E-state index in [1.165, 1.54) is 12.1 Å². The average Bonchev–Trinajstić information content (AvgIpc) is 3.18. The second kappa shape index (κ2) is 9.19. The summed E-state index contributed by atoms with van der Waals surface area (Å²) < 4.78 is 0. The van der Waals surface area contributed by atoms with E-state index in [-0.39, 0.29) is 26.9 Å². The molecule has 0 radical (unpaired) electrons. The van der Waals surface area contributed by atoms with Crippen LogP contribution < -0.4 is 4.85 Å². The Hall–Kier alpha value is -5.65.